The molecule has 4 nitrogen and oxygen atoms in total. The van der Waals surface area contributed by atoms with Crippen LogP contribution in [0.5, 0.6) is 5.75 Å². The molecule has 0 amide bonds. The molecule has 2 aromatic heterocycles. The maximum atomic E-state index is 5.23. The summed E-state index contributed by atoms with van der Waals surface area (Å²) >= 11 is 5.08. The maximum Gasteiger partial charge on any atom is 0.175 e. The Labute approximate surface area is 98.3 Å². The minimum atomic E-state index is 0.472. The number of hydrogen-bond donors (Lipinski definition) is 1. The molecular formula is C11H11N3OS. The molecule has 0 saturated carbocycles. The van der Waals surface area contributed by atoms with Gasteiger partial charge in [-0.1, -0.05) is 18.3 Å². The van der Waals surface area contributed by atoms with Crippen LogP contribution in [0.25, 0.3) is 0 Å². The van der Waals surface area contributed by atoms with E-state index >= 15 is 0 Å². The Morgan fingerprint density at radius 1 is 1.50 bits per heavy atom. The topological polar surface area (TPSA) is 50.8 Å². The lowest BCUT2D eigenvalue weighted by Crippen LogP contribution is -1.99. The highest BCUT2D eigenvalue weighted by atomic mass is 32.1. The van der Waals surface area contributed by atoms with Gasteiger partial charge in [0.25, 0.3) is 0 Å². The first-order valence-electron chi connectivity index (χ1n) is 4.80. The molecule has 0 bridgehead atoms. The van der Waals surface area contributed by atoms with Crippen molar-refractivity contribution in [2.45, 2.75) is 6.42 Å². The summed E-state index contributed by atoms with van der Waals surface area (Å²) in [5.41, 5.74) is 2.01. The Hall–Kier alpha value is -1.75. The first kappa shape index (κ1) is 10.8. The molecule has 16 heavy (non-hydrogen) atoms. The lowest BCUT2D eigenvalue weighted by Gasteiger charge is -2.07. The Morgan fingerprint density at radius 2 is 2.38 bits per heavy atom. The van der Waals surface area contributed by atoms with Crippen molar-refractivity contribution in [3.05, 3.63) is 46.8 Å². The highest BCUT2D eigenvalue weighted by molar-refractivity contribution is 7.71. The Kier molecular flexibility index (Phi) is 3.26. The van der Waals surface area contributed by atoms with Crippen molar-refractivity contribution in [1.82, 2.24) is 15.0 Å². The normalized spacial score (nSPS) is 10.1. The number of aromatic amines is 1. The van der Waals surface area contributed by atoms with Gasteiger partial charge in [0, 0.05) is 18.8 Å². The third kappa shape index (κ3) is 2.25. The monoisotopic (exact) mass is 233 g/mol. The van der Waals surface area contributed by atoms with Gasteiger partial charge in [0.1, 0.15) is 0 Å². The summed E-state index contributed by atoms with van der Waals surface area (Å²) in [6.45, 7) is 0. The van der Waals surface area contributed by atoms with Crippen LogP contribution >= 0.6 is 12.2 Å². The molecule has 0 unspecified atom stereocenters. The summed E-state index contributed by atoms with van der Waals surface area (Å²) in [6, 6.07) is 3.90. The zero-order chi connectivity index (χ0) is 11.4. The summed E-state index contributed by atoms with van der Waals surface area (Å²) < 4.78 is 5.70. The fourth-order valence-corrected chi connectivity index (χ4v) is 1.73. The van der Waals surface area contributed by atoms with Crippen LogP contribution < -0.4 is 4.74 Å². The molecule has 0 spiro atoms. The molecule has 2 rings (SSSR count). The summed E-state index contributed by atoms with van der Waals surface area (Å²) in [6.07, 6.45) is 5.84. The lowest BCUT2D eigenvalue weighted by molar-refractivity contribution is 0.403. The van der Waals surface area contributed by atoms with Gasteiger partial charge < -0.3 is 9.72 Å². The van der Waals surface area contributed by atoms with Crippen LogP contribution in [0.4, 0.5) is 0 Å². The number of ether oxygens (including phenoxy) is 1. The molecule has 0 aliphatic carbocycles. The predicted octanol–water partition coefficient (Wildman–Crippen LogP) is 2.13. The van der Waals surface area contributed by atoms with Gasteiger partial charge in [-0.2, -0.15) is 0 Å². The van der Waals surface area contributed by atoms with Crippen molar-refractivity contribution in [2.75, 3.05) is 7.11 Å². The van der Waals surface area contributed by atoms with E-state index in [4.69, 9.17) is 17.0 Å². The Balaban J connectivity index is 2.35. The second-order valence-corrected chi connectivity index (χ2v) is 3.64. The zero-order valence-electron chi connectivity index (χ0n) is 8.80. The highest BCUT2D eigenvalue weighted by Crippen LogP contribution is 2.18. The van der Waals surface area contributed by atoms with Crippen LogP contribution in [-0.4, -0.2) is 22.1 Å². The third-order valence-electron chi connectivity index (χ3n) is 2.20. The number of H-pyrrole nitrogens is 1. The summed E-state index contributed by atoms with van der Waals surface area (Å²) in [4.78, 5) is 11.1. The van der Waals surface area contributed by atoms with Gasteiger partial charge in [0.05, 0.1) is 19.1 Å². The van der Waals surface area contributed by atoms with Crippen LogP contribution in [0.15, 0.2) is 30.9 Å². The van der Waals surface area contributed by atoms with E-state index in [0.717, 1.165) is 11.3 Å². The minimum absolute atomic E-state index is 0.472. The molecule has 2 aromatic rings. The first-order chi connectivity index (χ1) is 7.81. The molecule has 82 valence electrons. The number of methoxy groups -OCH3 is 1. The average Bonchev–Trinajstić information content (AvgIpc) is 2.31. The van der Waals surface area contributed by atoms with E-state index in [2.05, 4.69) is 15.0 Å². The molecule has 0 aliphatic heterocycles. The molecule has 0 aromatic carbocycles. The largest absolute Gasteiger partial charge is 0.492 e. The van der Waals surface area contributed by atoms with Crippen molar-refractivity contribution in [1.29, 1.82) is 0 Å². The lowest BCUT2D eigenvalue weighted by atomic mass is 10.1. The van der Waals surface area contributed by atoms with Gasteiger partial charge in [0.2, 0.25) is 0 Å². The standard InChI is InChI=1S/C11H11N3OS/c1-15-10-9(13-7-14-11(10)16)5-8-3-2-4-12-6-8/h2-4,6-7H,5H2,1H3,(H,13,14,16). The molecule has 5 heteroatoms. The molecule has 1 N–H and O–H groups in total. The maximum absolute atomic E-state index is 5.23. The average molecular weight is 233 g/mol. The number of hydrogen-bond acceptors (Lipinski definition) is 4. The number of rotatable bonds is 3. The molecule has 0 fully saturated rings. The van der Waals surface area contributed by atoms with Crippen molar-refractivity contribution >= 4 is 12.2 Å². The minimum Gasteiger partial charge on any atom is -0.492 e. The molecule has 0 atom stereocenters. The molecule has 2 heterocycles. The Morgan fingerprint density at radius 3 is 3.06 bits per heavy atom. The van der Waals surface area contributed by atoms with Crippen molar-refractivity contribution in [3.8, 4) is 5.75 Å². The summed E-state index contributed by atoms with van der Waals surface area (Å²) in [5.74, 6) is 0.626. The fourth-order valence-electron chi connectivity index (χ4n) is 1.47. The van der Waals surface area contributed by atoms with E-state index < -0.39 is 0 Å². The number of nitrogens with one attached hydrogen (secondary N) is 1. The first-order valence-corrected chi connectivity index (χ1v) is 5.21. The number of aromatic nitrogens is 3. The van der Waals surface area contributed by atoms with E-state index in [-0.39, 0.29) is 0 Å². The predicted molar refractivity (Wildman–Crippen MR) is 63.0 cm³/mol. The van der Waals surface area contributed by atoms with Crippen LogP contribution in [-0.2, 0) is 6.42 Å². The van der Waals surface area contributed by atoms with Crippen molar-refractivity contribution in [3.63, 3.8) is 0 Å². The van der Waals surface area contributed by atoms with Crippen molar-refractivity contribution in [2.24, 2.45) is 0 Å². The van der Waals surface area contributed by atoms with Crippen molar-refractivity contribution < 1.29 is 4.74 Å². The number of pyridine rings is 1. The second kappa shape index (κ2) is 4.85. The Bertz CT molecular complexity index is 524. The van der Waals surface area contributed by atoms with Crippen LogP contribution in [0.3, 0.4) is 0 Å². The van der Waals surface area contributed by atoms with E-state index in [1.807, 2.05) is 18.3 Å². The quantitative estimate of drug-likeness (QED) is 0.825. The third-order valence-corrected chi connectivity index (χ3v) is 2.49. The van der Waals surface area contributed by atoms with E-state index in [1.54, 1.807) is 19.6 Å². The van der Waals surface area contributed by atoms with E-state index in [9.17, 15) is 0 Å². The van der Waals surface area contributed by atoms with Gasteiger partial charge in [-0.05, 0) is 11.6 Å². The van der Waals surface area contributed by atoms with Gasteiger partial charge in [-0.3, -0.25) is 4.98 Å². The van der Waals surface area contributed by atoms with Crippen LogP contribution in [0, 0.1) is 4.64 Å². The molecule has 0 radical (unpaired) electrons. The van der Waals surface area contributed by atoms with E-state index in [0.29, 0.717) is 16.8 Å². The zero-order valence-corrected chi connectivity index (χ0v) is 9.62. The SMILES string of the molecule is COc1c(Cc2cccnc2)[nH]cnc1=S. The highest BCUT2D eigenvalue weighted by Gasteiger charge is 2.06. The fraction of sp³-hybridized carbons (Fsp3) is 0.182. The van der Waals surface area contributed by atoms with Gasteiger partial charge in [0.15, 0.2) is 10.4 Å². The van der Waals surface area contributed by atoms with Crippen LogP contribution in [0.1, 0.15) is 11.3 Å². The second-order valence-electron chi connectivity index (χ2n) is 3.26. The molecule has 0 aliphatic rings. The number of nitrogens with zero attached hydrogens (tertiary/aromatic N) is 2. The molecule has 0 saturated heterocycles. The van der Waals surface area contributed by atoms with Gasteiger partial charge >= 0.3 is 0 Å². The summed E-state index contributed by atoms with van der Waals surface area (Å²) in [5, 5.41) is 0. The smallest absolute Gasteiger partial charge is 0.175 e. The van der Waals surface area contributed by atoms with Crippen LogP contribution in [0.2, 0.25) is 0 Å². The summed E-state index contributed by atoms with van der Waals surface area (Å²) in [7, 11) is 1.59. The van der Waals surface area contributed by atoms with E-state index in [1.165, 1.54) is 0 Å². The van der Waals surface area contributed by atoms with Gasteiger partial charge in [-0.25, -0.2) is 4.98 Å². The molecular weight excluding hydrogens is 222 g/mol. The van der Waals surface area contributed by atoms with Gasteiger partial charge in [-0.15, -0.1) is 0 Å².